The topological polar surface area (TPSA) is 120 Å². The number of nitrogens with zero attached hydrogens (tertiary/aromatic N) is 2. The second kappa shape index (κ2) is 10.5. The number of aromatic nitrogens is 1. The number of primary amides is 1. The number of carbonyl (C=O) groups is 3. The van der Waals surface area contributed by atoms with E-state index in [-0.39, 0.29) is 18.4 Å². The highest BCUT2D eigenvalue weighted by Gasteiger charge is 2.44. The molecular formula is C30H36N4O5. The molecule has 3 amide bonds. The van der Waals surface area contributed by atoms with Gasteiger partial charge in [-0.05, 0) is 61.8 Å². The van der Waals surface area contributed by atoms with E-state index in [2.05, 4.69) is 9.88 Å². The van der Waals surface area contributed by atoms with Gasteiger partial charge in [-0.2, -0.15) is 0 Å². The number of nitrogens with one attached hydrogen (secondary N) is 1. The Labute approximate surface area is 227 Å². The molecule has 0 radical (unpaired) electrons. The van der Waals surface area contributed by atoms with Gasteiger partial charge in [0.1, 0.15) is 12.1 Å². The third-order valence-corrected chi connectivity index (χ3v) is 8.86. The van der Waals surface area contributed by atoms with E-state index in [1.807, 2.05) is 29.2 Å². The predicted molar refractivity (Wildman–Crippen MR) is 146 cm³/mol. The molecular weight excluding hydrogens is 496 g/mol. The van der Waals surface area contributed by atoms with Crippen LogP contribution in [0.25, 0.3) is 22.2 Å². The Morgan fingerprint density at radius 1 is 1.03 bits per heavy atom. The van der Waals surface area contributed by atoms with Crippen LogP contribution in [0.2, 0.25) is 0 Å². The standard InChI is InChI=1S/C30H36N4O5/c31-29(37)30(10-4-11-30)32-28(36)21-7-8-23-24(17-21)34(18-25(35)33-12-15-38-16-13-33)27(22-9-14-39-19-22)26(23)20-5-2-1-3-6-20/h7-9,14,17,19-20H,1-6,10-13,15-16,18H2,(H2,31,37)(H,32,36). The number of hydrogen-bond donors (Lipinski definition) is 2. The molecule has 2 saturated carbocycles. The summed E-state index contributed by atoms with van der Waals surface area (Å²) in [5, 5.41) is 3.96. The lowest BCUT2D eigenvalue weighted by Crippen LogP contribution is -2.61. The van der Waals surface area contributed by atoms with E-state index in [0.717, 1.165) is 41.4 Å². The maximum absolute atomic E-state index is 13.5. The SMILES string of the molecule is NC(=O)C1(NC(=O)c2ccc3c(C4CCCCC4)c(-c4ccoc4)n(CC(=O)N4CCOCC4)c3c2)CCC1. The minimum absolute atomic E-state index is 0.0205. The van der Waals surface area contributed by atoms with Crippen molar-refractivity contribution < 1.29 is 23.5 Å². The number of ether oxygens (including phenoxy) is 1. The molecule has 0 atom stereocenters. The van der Waals surface area contributed by atoms with Crippen molar-refractivity contribution in [2.75, 3.05) is 26.3 Å². The van der Waals surface area contributed by atoms with Crippen LogP contribution in [0, 0.1) is 0 Å². The summed E-state index contributed by atoms with van der Waals surface area (Å²) < 4.78 is 13.0. The minimum atomic E-state index is -0.977. The number of benzene rings is 1. The lowest BCUT2D eigenvalue weighted by atomic mass is 9.76. The largest absolute Gasteiger partial charge is 0.472 e. The Morgan fingerprint density at radius 3 is 2.44 bits per heavy atom. The summed E-state index contributed by atoms with van der Waals surface area (Å²) in [5.74, 6) is -0.443. The smallest absolute Gasteiger partial charge is 0.252 e. The fourth-order valence-electron chi connectivity index (χ4n) is 6.50. The van der Waals surface area contributed by atoms with E-state index in [1.165, 1.54) is 24.8 Å². The monoisotopic (exact) mass is 532 g/mol. The van der Waals surface area contributed by atoms with Crippen molar-refractivity contribution in [3.05, 3.63) is 47.9 Å². The summed E-state index contributed by atoms with van der Waals surface area (Å²) in [6.45, 7) is 2.35. The van der Waals surface area contributed by atoms with Gasteiger partial charge >= 0.3 is 0 Å². The highest BCUT2D eigenvalue weighted by atomic mass is 16.5. The van der Waals surface area contributed by atoms with Crippen LogP contribution in [0.15, 0.2) is 41.2 Å². The molecule has 3 aliphatic rings. The summed E-state index contributed by atoms with van der Waals surface area (Å²) in [7, 11) is 0. The number of rotatable bonds is 7. The fraction of sp³-hybridized carbons (Fsp3) is 0.500. The van der Waals surface area contributed by atoms with Crippen molar-refractivity contribution in [1.82, 2.24) is 14.8 Å². The van der Waals surface area contributed by atoms with Crippen molar-refractivity contribution >= 4 is 28.6 Å². The fourth-order valence-corrected chi connectivity index (χ4v) is 6.50. The lowest BCUT2D eigenvalue weighted by Gasteiger charge is -2.39. The molecule has 3 N–H and O–H groups in total. The van der Waals surface area contributed by atoms with E-state index in [1.54, 1.807) is 12.5 Å². The van der Waals surface area contributed by atoms with Gasteiger partial charge in [0.2, 0.25) is 11.8 Å². The zero-order valence-corrected chi connectivity index (χ0v) is 22.2. The van der Waals surface area contributed by atoms with E-state index in [4.69, 9.17) is 14.9 Å². The molecule has 6 rings (SSSR count). The molecule has 0 unspecified atom stereocenters. The normalized spacial score (nSPS) is 19.5. The van der Waals surface area contributed by atoms with Crippen LogP contribution in [-0.4, -0.2) is 59.0 Å². The van der Waals surface area contributed by atoms with Crippen LogP contribution in [0.1, 0.15) is 73.2 Å². The summed E-state index contributed by atoms with van der Waals surface area (Å²) in [4.78, 5) is 40.9. The molecule has 1 saturated heterocycles. The van der Waals surface area contributed by atoms with Crippen LogP contribution >= 0.6 is 0 Å². The van der Waals surface area contributed by atoms with Gasteiger partial charge in [-0.25, -0.2) is 0 Å². The molecule has 3 aromatic rings. The van der Waals surface area contributed by atoms with Crippen LogP contribution in [-0.2, 0) is 20.9 Å². The Balaban J connectivity index is 1.47. The lowest BCUT2D eigenvalue weighted by molar-refractivity contribution is -0.135. The maximum Gasteiger partial charge on any atom is 0.252 e. The second-order valence-electron chi connectivity index (χ2n) is 11.2. The van der Waals surface area contributed by atoms with Crippen molar-refractivity contribution in [2.45, 2.75) is 69.4 Å². The molecule has 39 heavy (non-hydrogen) atoms. The molecule has 0 spiro atoms. The van der Waals surface area contributed by atoms with Gasteiger partial charge in [0.05, 0.1) is 37.0 Å². The van der Waals surface area contributed by atoms with Gasteiger partial charge in [-0.3, -0.25) is 14.4 Å². The molecule has 1 aliphatic heterocycles. The van der Waals surface area contributed by atoms with Crippen molar-refractivity contribution in [3.8, 4) is 11.3 Å². The minimum Gasteiger partial charge on any atom is -0.472 e. The number of fused-ring (bicyclic) bond motifs is 1. The zero-order chi connectivity index (χ0) is 27.0. The third-order valence-electron chi connectivity index (χ3n) is 8.86. The molecule has 3 heterocycles. The van der Waals surface area contributed by atoms with Crippen molar-refractivity contribution in [3.63, 3.8) is 0 Å². The van der Waals surface area contributed by atoms with Crippen molar-refractivity contribution in [1.29, 1.82) is 0 Å². The van der Waals surface area contributed by atoms with Crippen LogP contribution in [0.4, 0.5) is 0 Å². The van der Waals surface area contributed by atoms with E-state index >= 15 is 0 Å². The first kappa shape index (κ1) is 25.7. The van der Waals surface area contributed by atoms with E-state index in [9.17, 15) is 14.4 Å². The van der Waals surface area contributed by atoms with Gasteiger partial charge in [0.25, 0.3) is 5.91 Å². The van der Waals surface area contributed by atoms with Crippen LogP contribution in [0.3, 0.4) is 0 Å². The molecule has 206 valence electrons. The number of nitrogens with two attached hydrogens (primary N) is 1. The third kappa shape index (κ3) is 4.73. The summed E-state index contributed by atoms with van der Waals surface area (Å²) >= 11 is 0. The van der Waals surface area contributed by atoms with Gasteiger partial charge in [0.15, 0.2) is 0 Å². The molecule has 0 bridgehead atoms. The molecule has 9 nitrogen and oxygen atoms in total. The van der Waals surface area contributed by atoms with Crippen LogP contribution in [0.5, 0.6) is 0 Å². The van der Waals surface area contributed by atoms with E-state index in [0.29, 0.717) is 50.6 Å². The Morgan fingerprint density at radius 2 is 1.79 bits per heavy atom. The second-order valence-corrected chi connectivity index (χ2v) is 11.2. The molecule has 1 aromatic carbocycles. The first-order chi connectivity index (χ1) is 19.0. The van der Waals surface area contributed by atoms with Gasteiger partial charge in [-0.15, -0.1) is 0 Å². The van der Waals surface area contributed by atoms with Crippen molar-refractivity contribution in [2.24, 2.45) is 5.73 Å². The Bertz CT molecular complexity index is 1380. The molecule has 2 aromatic heterocycles. The molecule has 9 heteroatoms. The maximum atomic E-state index is 13.5. The quantitative estimate of drug-likeness (QED) is 0.478. The summed E-state index contributed by atoms with van der Waals surface area (Å²) in [5.41, 5.74) is 9.08. The molecule has 3 fully saturated rings. The average Bonchev–Trinajstić information content (AvgIpc) is 3.57. The van der Waals surface area contributed by atoms with Crippen LogP contribution < -0.4 is 11.1 Å². The number of furan rings is 1. The van der Waals surface area contributed by atoms with E-state index < -0.39 is 11.4 Å². The first-order valence-electron chi connectivity index (χ1n) is 14.1. The highest BCUT2D eigenvalue weighted by Crippen LogP contribution is 2.44. The summed E-state index contributed by atoms with van der Waals surface area (Å²) in [6.07, 6.45) is 11.1. The number of morpholine rings is 1. The molecule has 2 aliphatic carbocycles. The van der Waals surface area contributed by atoms with Gasteiger partial charge in [0, 0.05) is 29.6 Å². The number of carbonyl (C=O) groups excluding carboxylic acids is 3. The van der Waals surface area contributed by atoms with Gasteiger partial charge < -0.3 is 29.7 Å². The summed E-state index contributed by atoms with van der Waals surface area (Å²) in [6, 6.07) is 7.63. The predicted octanol–water partition coefficient (Wildman–Crippen LogP) is 3.95. The zero-order valence-electron chi connectivity index (χ0n) is 22.2. The number of hydrogen-bond acceptors (Lipinski definition) is 5. The average molecular weight is 533 g/mol. The highest BCUT2D eigenvalue weighted by molar-refractivity contribution is 6.03. The first-order valence-corrected chi connectivity index (χ1v) is 14.1. The van der Waals surface area contributed by atoms with Gasteiger partial charge in [-0.1, -0.05) is 25.3 Å². The Kier molecular flexibility index (Phi) is 6.93. The Hall–Kier alpha value is -3.59. The number of amides is 3.